The van der Waals surface area contributed by atoms with E-state index in [1.807, 2.05) is 30.3 Å². The van der Waals surface area contributed by atoms with Crippen LogP contribution in [-0.2, 0) is 30.3 Å². The highest BCUT2D eigenvalue weighted by atomic mass is 35.5. The van der Waals surface area contributed by atoms with E-state index >= 15 is 0 Å². The fourth-order valence-corrected chi connectivity index (χ4v) is 4.77. The van der Waals surface area contributed by atoms with Gasteiger partial charge in [0.05, 0.1) is 27.8 Å². The van der Waals surface area contributed by atoms with E-state index in [0.29, 0.717) is 16.2 Å². The van der Waals surface area contributed by atoms with Crippen molar-refractivity contribution in [3.63, 3.8) is 0 Å². The van der Waals surface area contributed by atoms with Crippen molar-refractivity contribution in [3.05, 3.63) is 99.0 Å². The number of thiophene rings is 1. The molecule has 0 spiro atoms. The van der Waals surface area contributed by atoms with Crippen molar-refractivity contribution in [3.8, 4) is 0 Å². The van der Waals surface area contributed by atoms with Crippen LogP contribution in [0.3, 0.4) is 0 Å². The van der Waals surface area contributed by atoms with Gasteiger partial charge in [0.15, 0.2) is 5.76 Å². The largest absolute Gasteiger partial charge is 0.463 e. The molecule has 1 aliphatic rings. The Morgan fingerprint density at radius 3 is 2.46 bits per heavy atom. The highest BCUT2D eigenvalue weighted by molar-refractivity contribution is 7.11. The number of primary amides is 1. The number of halogens is 2. The average molecular weight is 569 g/mol. The molecule has 0 saturated carbocycles. The van der Waals surface area contributed by atoms with E-state index < -0.39 is 29.7 Å². The van der Waals surface area contributed by atoms with Crippen LogP contribution in [0.4, 0.5) is 14.9 Å². The molecule has 1 aliphatic heterocycles. The molecule has 0 unspecified atom stereocenters. The number of carbonyl (C=O) groups is 4. The molecule has 1 aromatic heterocycles. The van der Waals surface area contributed by atoms with Gasteiger partial charge in [0.1, 0.15) is 5.82 Å². The number of hydrogen-bond donors (Lipinski definition) is 1. The number of fused-ring (bicyclic) bond motifs is 1. The van der Waals surface area contributed by atoms with Gasteiger partial charge in [0.2, 0.25) is 0 Å². The van der Waals surface area contributed by atoms with Gasteiger partial charge in [0, 0.05) is 17.7 Å². The number of rotatable bonds is 9. The molecule has 0 saturated heterocycles. The van der Waals surface area contributed by atoms with E-state index in [2.05, 4.69) is 0 Å². The summed E-state index contributed by atoms with van der Waals surface area (Å²) < 4.78 is 24.9. The molecular formula is C28H22ClFN2O6S. The van der Waals surface area contributed by atoms with Crippen LogP contribution >= 0.6 is 22.9 Å². The Hall–Kier alpha value is -4.28. The number of amides is 3. The van der Waals surface area contributed by atoms with Crippen LogP contribution < -0.4 is 10.6 Å². The van der Waals surface area contributed by atoms with E-state index in [4.69, 9.17) is 26.8 Å². The molecule has 0 bridgehead atoms. The lowest BCUT2D eigenvalue weighted by atomic mass is 10.0. The first-order chi connectivity index (χ1) is 18.8. The fraction of sp³-hybridized carbons (Fsp3) is 0.143. The Morgan fingerprint density at radius 1 is 1.03 bits per heavy atom. The van der Waals surface area contributed by atoms with Crippen LogP contribution in [-0.4, -0.2) is 30.5 Å². The number of carbonyl (C=O) groups excluding carboxylic acids is 4. The summed E-state index contributed by atoms with van der Waals surface area (Å²) in [6.07, 6.45) is 4.09. The zero-order valence-electron chi connectivity index (χ0n) is 20.4. The van der Waals surface area contributed by atoms with Crippen molar-refractivity contribution < 1.29 is 33.0 Å². The highest BCUT2D eigenvalue weighted by Gasteiger charge is 2.40. The summed E-state index contributed by atoms with van der Waals surface area (Å²) in [6.45, 7) is 0.178. The van der Waals surface area contributed by atoms with Crippen LogP contribution in [0.25, 0.3) is 11.3 Å². The minimum Gasteiger partial charge on any atom is -0.463 e. The molecule has 0 aliphatic carbocycles. The number of nitrogens with zero attached hydrogens (tertiary/aromatic N) is 1. The van der Waals surface area contributed by atoms with E-state index in [-0.39, 0.29) is 34.2 Å². The van der Waals surface area contributed by atoms with Crippen molar-refractivity contribution >= 4 is 63.8 Å². The number of ether oxygens (including phenoxy) is 2. The van der Waals surface area contributed by atoms with Crippen LogP contribution in [0.15, 0.2) is 72.1 Å². The predicted octanol–water partition coefficient (Wildman–Crippen LogP) is 5.50. The van der Waals surface area contributed by atoms with Crippen LogP contribution in [0.1, 0.15) is 28.8 Å². The van der Waals surface area contributed by atoms with Gasteiger partial charge >= 0.3 is 18.0 Å². The zero-order chi connectivity index (χ0) is 27.9. The first kappa shape index (κ1) is 27.7. The number of unbranched alkanes of at least 4 members (excludes halogenated alkanes) is 1. The number of hydrogen-bond acceptors (Lipinski definition) is 7. The van der Waals surface area contributed by atoms with E-state index in [0.717, 1.165) is 48.5 Å². The van der Waals surface area contributed by atoms with Crippen molar-refractivity contribution in [1.82, 2.24) is 0 Å². The third kappa shape index (κ3) is 6.60. The molecule has 11 heteroatoms. The van der Waals surface area contributed by atoms with Gasteiger partial charge in [-0.15, -0.1) is 11.3 Å². The smallest absolute Gasteiger partial charge is 0.336 e. The summed E-state index contributed by atoms with van der Waals surface area (Å²) in [5.41, 5.74) is 6.23. The zero-order valence-corrected chi connectivity index (χ0v) is 22.0. The quantitative estimate of drug-likeness (QED) is 0.158. The van der Waals surface area contributed by atoms with E-state index in [1.54, 1.807) is 17.5 Å². The molecular weight excluding hydrogens is 547 g/mol. The number of esters is 2. The minimum atomic E-state index is -1.12. The van der Waals surface area contributed by atoms with Gasteiger partial charge in [-0.3, -0.25) is 4.79 Å². The SMILES string of the molecule is NC(=O)N1C(=O)C(=C(OC(=O)C=CC(=O)OCCCCc2ccccc2)c2cccs2)c2cc(F)c(Cl)cc21. The second-order valence-corrected chi connectivity index (χ2v) is 9.66. The lowest BCUT2D eigenvalue weighted by Crippen LogP contribution is -2.38. The van der Waals surface area contributed by atoms with Gasteiger partial charge in [-0.25, -0.2) is 23.7 Å². The predicted molar refractivity (Wildman–Crippen MR) is 145 cm³/mol. The number of anilines is 1. The van der Waals surface area contributed by atoms with Gasteiger partial charge in [-0.05, 0) is 48.4 Å². The van der Waals surface area contributed by atoms with Gasteiger partial charge in [0.25, 0.3) is 5.91 Å². The molecule has 8 nitrogen and oxygen atoms in total. The maximum Gasteiger partial charge on any atom is 0.336 e. The standard InChI is InChI=1S/C28H22ClFN2O6S/c29-19-16-21-18(15-20(19)30)25(27(35)32(21)28(31)36)26(22-10-6-14-39-22)38-24(34)12-11-23(33)37-13-5-4-9-17-7-2-1-3-8-17/h1-3,6-8,10-12,14-16H,4-5,9,13H2,(H2,31,36). The monoisotopic (exact) mass is 568 g/mol. The van der Waals surface area contributed by atoms with Crippen LogP contribution in [0.5, 0.6) is 0 Å². The normalized spacial score (nSPS) is 13.9. The Labute approximate surface area is 232 Å². The Bertz CT molecular complexity index is 1470. The maximum atomic E-state index is 14.3. The molecule has 2 heterocycles. The van der Waals surface area contributed by atoms with Gasteiger partial charge in [-0.1, -0.05) is 48.0 Å². The van der Waals surface area contributed by atoms with E-state index in [1.165, 1.54) is 5.56 Å². The summed E-state index contributed by atoms with van der Waals surface area (Å²) in [7, 11) is 0. The van der Waals surface area contributed by atoms with Gasteiger partial charge in [-0.2, -0.15) is 0 Å². The summed E-state index contributed by atoms with van der Waals surface area (Å²) in [5.74, 6) is -3.74. The minimum absolute atomic E-state index is 0.0317. The molecule has 4 rings (SSSR count). The fourth-order valence-electron chi connectivity index (χ4n) is 3.90. The molecule has 39 heavy (non-hydrogen) atoms. The Kier molecular flexibility index (Phi) is 8.90. The van der Waals surface area contributed by atoms with Crippen molar-refractivity contribution in [2.45, 2.75) is 19.3 Å². The number of benzene rings is 2. The Balaban J connectivity index is 1.47. The second kappa shape index (κ2) is 12.5. The first-order valence-electron chi connectivity index (χ1n) is 11.8. The average Bonchev–Trinajstić information content (AvgIpc) is 3.53. The number of imide groups is 1. The van der Waals surface area contributed by atoms with Crippen molar-refractivity contribution in [2.24, 2.45) is 5.73 Å². The topological polar surface area (TPSA) is 116 Å². The molecule has 0 radical (unpaired) electrons. The van der Waals surface area contributed by atoms with Crippen molar-refractivity contribution in [2.75, 3.05) is 11.5 Å². The molecule has 0 atom stereocenters. The molecule has 3 amide bonds. The lowest BCUT2D eigenvalue weighted by molar-refractivity contribution is -0.138. The van der Waals surface area contributed by atoms with E-state index in [9.17, 15) is 23.6 Å². The Morgan fingerprint density at radius 2 is 1.77 bits per heavy atom. The summed E-state index contributed by atoms with van der Waals surface area (Å²) in [4.78, 5) is 50.9. The van der Waals surface area contributed by atoms with Crippen LogP contribution in [0, 0.1) is 5.82 Å². The van der Waals surface area contributed by atoms with Crippen LogP contribution in [0.2, 0.25) is 5.02 Å². The molecule has 3 aromatic rings. The maximum absolute atomic E-state index is 14.3. The molecule has 2 N–H and O–H groups in total. The molecule has 200 valence electrons. The summed E-state index contributed by atoms with van der Waals surface area (Å²) >= 11 is 6.99. The first-order valence-corrected chi connectivity index (χ1v) is 13.0. The third-order valence-electron chi connectivity index (χ3n) is 5.66. The third-order valence-corrected chi connectivity index (χ3v) is 6.82. The number of nitrogens with two attached hydrogens (primary N) is 1. The lowest BCUT2D eigenvalue weighted by Gasteiger charge is -2.12. The molecule has 2 aromatic carbocycles. The second-order valence-electron chi connectivity index (χ2n) is 8.31. The number of aryl methyl sites for hydroxylation is 1. The highest BCUT2D eigenvalue weighted by Crippen LogP contribution is 2.44. The number of urea groups is 1. The summed E-state index contributed by atoms with van der Waals surface area (Å²) in [5, 5.41) is 1.34. The summed E-state index contributed by atoms with van der Waals surface area (Å²) in [6, 6.07) is 14.0. The van der Waals surface area contributed by atoms with Gasteiger partial charge < -0.3 is 15.2 Å². The molecule has 0 fully saturated rings. The van der Waals surface area contributed by atoms with Crippen molar-refractivity contribution in [1.29, 1.82) is 0 Å².